The Labute approximate surface area is 159 Å². The van der Waals surface area contributed by atoms with Crippen LogP contribution in [0.4, 0.5) is 10.2 Å². The van der Waals surface area contributed by atoms with Crippen molar-refractivity contribution in [3.63, 3.8) is 0 Å². The fraction of sp³-hybridized carbons (Fsp3) is 0.0667. The second-order valence-corrected chi connectivity index (χ2v) is 7.53. The van der Waals surface area contributed by atoms with Crippen LogP contribution in [0, 0.1) is 5.82 Å². The van der Waals surface area contributed by atoms with Gasteiger partial charge in [0.25, 0.3) is 5.91 Å². The van der Waals surface area contributed by atoms with Gasteiger partial charge in [-0.1, -0.05) is 23.2 Å². The van der Waals surface area contributed by atoms with Crippen molar-refractivity contribution in [1.29, 1.82) is 0 Å². The van der Waals surface area contributed by atoms with Crippen molar-refractivity contribution in [2.24, 2.45) is 0 Å². The number of carbonyl (C=O) groups excluding carboxylic acids is 1. The number of aromatic nitrogens is 2. The predicted octanol–water partition coefficient (Wildman–Crippen LogP) is 5.45. The Morgan fingerprint density at radius 1 is 1.33 bits per heavy atom. The van der Waals surface area contributed by atoms with Crippen LogP contribution < -0.4 is 5.32 Å². The van der Waals surface area contributed by atoms with Gasteiger partial charge >= 0.3 is 0 Å². The molecule has 0 fully saturated rings. The topological polar surface area (TPSA) is 46.9 Å². The van der Waals surface area contributed by atoms with Gasteiger partial charge in [0.1, 0.15) is 11.6 Å². The van der Waals surface area contributed by atoms with Gasteiger partial charge in [-0.3, -0.25) is 4.79 Å². The van der Waals surface area contributed by atoms with Crippen LogP contribution in [0.2, 0.25) is 10.0 Å². The summed E-state index contributed by atoms with van der Waals surface area (Å²) in [6, 6.07) is 5.84. The number of halogens is 4. The molecule has 3 rings (SSSR count). The summed E-state index contributed by atoms with van der Waals surface area (Å²) < 4.78 is 16.2. The van der Waals surface area contributed by atoms with E-state index in [-0.39, 0.29) is 15.6 Å². The van der Waals surface area contributed by atoms with Gasteiger partial charge in [-0.2, -0.15) is 5.10 Å². The van der Waals surface area contributed by atoms with Crippen LogP contribution in [0.25, 0.3) is 0 Å². The minimum absolute atomic E-state index is 0.00480. The number of amides is 1. The van der Waals surface area contributed by atoms with E-state index in [9.17, 15) is 9.18 Å². The van der Waals surface area contributed by atoms with Gasteiger partial charge in [0.05, 0.1) is 28.4 Å². The highest BCUT2D eigenvalue weighted by molar-refractivity contribution is 9.10. The molecule has 24 heavy (non-hydrogen) atoms. The SMILES string of the molecule is O=C(Nc1ccnn1Cc1cc(Br)cs1)c1cc(F)c(Cl)cc1Cl. The third kappa shape index (κ3) is 3.80. The highest BCUT2D eigenvalue weighted by Crippen LogP contribution is 2.26. The number of rotatable bonds is 4. The average molecular weight is 449 g/mol. The molecule has 0 aliphatic carbocycles. The van der Waals surface area contributed by atoms with E-state index < -0.39 is 11.7 Å². The molecular formula is C15H9BrCl2FN3OS. The van der Waals surface area contributed by atoms with Crippen molar-refractivity contribution in [1.82, 2.24) is 9.78 Å². The molecule has 3 aromatic rings. The average Bonchev–Trinajstić information content (AvgIpc) is 3.13. The molecule has 0 aliphatic rings. The molecule has 0 aliphatic heterocycles. The first-order chi connectivity index (χ1) is 11.4. The highest BCUT2D eigenvalue weighted by Gasteiger charge is 2.16. The van der Waals surface area contributed by atoms with Crippen molar-refractivity contribution in [3.8, 4) is 0 Å². The molecule has 1 amide bonds. The largest absolute Gasteiger partial charge is 0.307 e. The molecule has 0 bridgehead atoms. The van der Waals surface area contributed by atoms with Crippen LogP contribution in [0.3, 0.4) is 0 Å². The number of thiophene rings is 1. The maximum atomic E-state index is 13.6. The van der Waals surface area contributed by atoms with E-state index in [0.717, 1.165) is 15.4 Å². The van der Waals surface area contributed by atoms with Crippen LogP contribution in [0.15, 0.2) is 40.3 Å². The van der Waals surface area contributed by atoms with Crippen LogP contribution in [-0.2, 0) is 6.54 Å². The zero-order valence-electron chi connectivity index (χ0n) is 11.9. The van der Waals surface area contributed by atoms with Crippen molar-refractivity contribution >= 4 is 62.2 Å². The lowest BCUT2D eigenvalue weighted by molar-refractivity contribution is 0.102. The quantitative estimate of drug-likeness (QED) is 0.539. The summed E-state index contributed by atoms with van der Waals surface area (Å²) in [5.74, 6) is -0.760. The van der Waals surface area contributed by atoms with Crippen LogP contribution in [0.5, 0.6) is 0 Å². The summed E-state index contributed by atoms with van der Waals surface area (Å²) in [6.07, 6.45) is 1.57. The summed E-state index contributed by atoms with van der Waals surface area (Å²) in [6.45, 7) is 0.502. The zero-order chi connectivity index (χ0) is 17.3. The molecule has 0 saturated heterocycles. The Morgan fingerprint density at radius 2 is 2.12 bits per heavy atom. The van der Waals surface area contributed by atoms with Crippen molar-refractivity contribution in [2.45, 2.75) is 6.54 Å². The molecule has 0 atom stereocenters. The first kappa shape index (κ1) is 17.4. The summed E-state index contributed by atoms with van der Waals surface area (Å²) >= 11 is 16.6. The third-order valence-corrected chi connectivity index (χ3v) is 5.42. The van der Waals surface area contributed by atoms with Crippen LogP contribution in [-0.4, -0.2) is 15.7 Å². The molecule has 0 spiro atoms. The Hall–Kier alpha value is -1.41. The van der Waals surface area contributed by atoms with Gasteiger partial charge in [-0.05, 0) is 34.1 Å². The number of hydrogen-bond acceptors (Lipinski definition) is 3. The fourth-order valence-corrected chi connectivity index (χ4v) is 3.93. The zero-order valence-corrected chi connectivity index (χ0v) is 15.8. The third-order valence-electron chi connectivity index (χ3n) is 3.14. The molecule has 1 N–H and O–H groups in total. The van der Waals surface area contributed by atoms with E-state index in [1.54, 1.807) is 28.3 Å². The number of anilines is 1. The normalized spacial score (nSPS) is 10.8. The lowest BCUT2D eigenvalue weighted by Gasteiger charge is -2.09. The monoisotopic (exact) mass is 447 g/mol. The molecule has 4 nitrogen and oxygen atoms in total. The van der Waals surface area contributed by atoms with Crippen molar-refractivity contribution < 1.29 is 9.18 Å². The number of nitrogens with zero attached hydrogens (tertiary/aromatic N) is 2. The molecule has 9 heteroatoms. The van der Waals surface area contributed by atoms with Gasteiger partial charge in [-0.25, -0.2) is 9.07 Å². The van der Waals surface area contributed by atoms with E-state index >= 15 is 0 Å². The molecule has 2 heterocycles. The number of hydrogen-bond donors (Lipinski definition) is 1. The van der Waals surface area contributed by atoms with E-state index in [1.807, 2.05) is 11.4 Å². The smallest absolute Gasteiger partial charge is 0.258 e. The number of benzene rings is 1. The lowest BCUT2D eigenvalue weighted by atomic mass is 10.2. The minimum atomic E-state index is -0.705. The molecule has 2 aromatic heterocycles. The Bertz CT molecular complexity index is 912. The molecule has 0 unspecified atom stereocenters. The molecular weight excluding hydrogens is 440 g/mol. The fourth-order valence-electron chi connectivity index (χ4n) is 2.03. The lowest BCUT2D eigenvalue weighted by Crippen LogP contribution is -2.16. The molecule has 0 radical (unpaired) electrons. The standard InChI is InChI=1S/C15H9BrCl2FN3OS/c16-8-3-9(24-7-8)6-22-14(1-2-20-22)21-15(23)10-4-13(19)12(18)5-11(10)17/h1-5,7H,6H2,(H,21,23). The number of nitrogens with one attached hydrogen (secondary N) is 1. The Morgan fingerprint density at radius 3 is 2.83 bits per heavy atom. The maximum absolute atomic E-state index is 13.6. The van der Waals surface area contributed by atoms with Gasteiger partial charge in [0.2, 0.25) is 0 Å². The highest BCUT2D eigenvalue weighted by atomic mass is 79.9. The summed E-state index contributed by atoms with van der Waals surface area (Å²) in [7, 11) is 0. The first-order valence-electron chi connectivity index (χ1n) is 6.64. The Balaban J connectivity index is 1.81. The van der Waals surface area contributed by atoms with E-state index in [2.05, 4.69) is 26.3 Å². The van der Waals surface area contributed by atoms with E-state index in [1.165, 1.54) is 6.07 Å². The summed E-state index contributed by atoms with van der Waals surface area (Å²) in [5, 5.41) is 8.78. The summed E-state index contributed by atoms with van der Waals surface area (Å²) in [5.41, 5.74) is 0.00480. The molecule has 1 aromatic carbocycles. The van der Waals surface area contributed by atoms with Gasteiger partial charge < -0.3 is 5.32 Å². The minimum Gasteiger partial charge on any atom is -0.307 e. The van der Waals surface area contributed by atoms with E-state index in [0.29, 0.717) is 12.4 Å². The van der Waals surface area contributed by atoms with Gasteiger partial charge in [0, 0.05) is 20.8 Å². The summed E-state index contributed by atoms with van der Waals surface area (Å²) in [4.78, 5) is 13.4. The van der Waals surface area contributed by atoms with Gasteiger partial charge in [0.15, 0.2) is 0 Å². The van der Waals surface area contributed by atoms with Crippen LogP contribution in [0.1, 0.15) is 15.2 Å². The van der Waals surface area contributed by atoms with E-state index in [4.69, 9.17) is 23.2 Å². The van der Waals surface area contributed by atoms with Gasteiger partial charge in [-0.15, -0.1) is 11.3 Å². The first-order valence-corrected chi connectivity index (χ1v) is 9.07. The Kier molecular flexibility index (Phi) is 5.24. The van der Waals surface area contributed by atoms with Crippen LogP contribution >= 0.6 is 50.5 Å². The second kappa shape index (κ2) is 7.23. The predicted molar refractivity (Wildman–Crippen MR) is 97.7 cm³/mol. The second-order valence-electron chi connectivity index (χ2n) is 4.81. The molecule has 124 valence electrons. The van der Waals surface area contributed by atoms with Crippen molar-refractivity contribution in [3.05, 3.63) is 66.6 Å². The number of carbonyl (C=O) groups is 1. The molecule has 0 saturated carbocycles. The maximum Gasteiger partial charge on any atom is 0.258 e. The van der Waals surface area contributed by atoms with Crippen molar-refractivity contribution in [2.75, 3.05) is 5.32 Å².